The molecule has 1 aromatic rings. The number of amides is 1. The molecule has 2 rings (SSSR count). The molecule has 1 aliphatic rings. The lowest BCUT2D eigenvalue weighted by molar-refractivity contribution is -0.116. The summed E-state index contributed by atoms with van der Waals surface area (Å²) in [5.74, 6) is 0.574. The summed E-state index contributed by atoms with van der Waals surface area (Å²) in [6.45, 7) is 4.17. The quantitative estimate of drug-likeness (QED) is 0.649. The molecule has 0 unspecified atom stereocenters. The topological polar surface area (TPSA) is 71.0 Å². The van der Waals surface area contributed by atoms with Gasteiger partial charge in [0.25, 0.3) is 5.91 Å². The molecule has 1 amide bonds. The second-order valence-corrected chi connectivity index (χ2v) is 4.34. The Labute approximate surface area is 106 Å². The molecule has 18 heavy (non-hydrogen) atoms. The summed E-state index contributed by atoms with van der Waals surface area (Å²) >= 11 is 0. The number of benzene rings is 1. The van der Waals surface area contributed by atoms with Crippen LogP contribution < -0.4 is 10.7 Å². The van der Waals surface area contributed by atoms with Gasteiger partial charge in [-0.05, 0) is 31.5 Å². The smallest absolute Gasteiger partial charge is 0.253 e. The van der Waals surface area contributed by atoms with E-state index in [1.54, 1.807) is 6.92 Å². The number of anilines is 1. The van der Waals surface area contributed by atoms with Crippen molar-refractivity contribution in [2.45, 2.75) is 26.8 Å². The van der Waals surface area contributed by atoms with Gasteiger partial charge in [0.05, 0.1) is 24.5 Å². The van der Waals surface area contributed by atoms with Crippen LogP contribution in [0.3, 0.4) is 0 Å². The predicted octanol–water partition coefficient (Wildman–Crippen LogP) is 1.68. The van der Waals surface area contributed by atoms with Crippen molar-refractivity contribution >= 4 is 23.1 Å². The minimum Gasteiger partial charge on any atom is -0.388 e. The van der Waals surface area contributed by atoms with Crippen molar-refractivity contribution < 1.29 is 4.79 Å². The Balaban J connectivity index is 2.13. The van der Waals surface area contributed by atoms with Crippen molar-refractivity contribution in [3.8, 4) is 0 Å². The molecular weight excluding hydrogens is 228 g/mol. The first-order valence-corrected chi connectivity index (χ1v) is 5.79. The zero-order chi connectivity index (χ0) is 13.1. The zero-order valence-electron chi connectivity index (χ0n) is 10.6. The normalized spacial score (nSPS) is 16.1. The Kier molecular flexibility index (Phi) is 3.41. The number of carbonyl (C=O) groups excluding carboxylic acids is 1. The third-order valence-electron chi connectivity index (χ3n) is 2.61. The number of nitrogens with two attached hydrogens (primary N) is 1. The van der Waals surface area contributed by atoms with Crippen LogP contribution in [0.2, 0.25) is 0 Å². The van der Waals surface area contributed by atoms with E-state index >= 15 is 0 Å². The molecule has 5 nitrogen and oxygen atoms in total. The molecule has 0 radical (unpaired) electrons. The Hall–Kier alpha value is -2.17. The van der Waals surface area contributed by atoms with Gasteiger partial charge in [-0.15, -0.1) is 0 Å². The molecule has 0 saturated heterocycles. The van der Waals surface area contributed by atoms with Crippen LogP contribution in [0.1, 0.15) is 25.8 Å². The Morgan fingerprint density at radius 1 is 1.44 bits per heavy atom. The summed E-state index contributed by atoms with van der Waals surface area (Å²) < 4.78 is 0. The maximum Gasteiger partial charge on any atom is 0.253 e. The van der Waals surface area contributed by atoms with Gasteiger partial charge in [-0.25, -0.2) is 5.01 Å². The van der Waals surface area contributed by atoms with Gasteiger partial charge in [0, 0.05) is 5.71 Å². The van der Waals surface area contributed by atoms with Gasteiger partial charge >= 0.3 is 0 Å². The Morgan fingerprint density at radius 3 is 2.61 bits per heavy atom. The summed E-state index contributed by atoms with van der Waals surface area (Å²) in [6.07, 6.45) is 0.401. The van der Waals surface area contributed by atoms with Crippen LogP contribution in [-0.4, -0.2) is 17.5 Å². The number of nitrogens with zero attached hydrogens (tertiary/aromatic N) is 3. The number of hydrogen-bond acceptors (Lipinski definition) is 3. The second kappa shape index (κ2) is 5.00. The molecule has 0 fully saturated rings. The number of carbonyl (C=O) groups is 1. The molecule has 0 aromatic heterocycles. The van der Waals surface area contributed by atoms with Gasteiger partial charge < -0.3 is 5.73 Å². The fraction of sp³-hybridized carbons (Fsp3) is 0.308. The van der Waals surface area contributed by atoms with Crippen molar-refractivity contribution in [2.75, 3.05) is 5.01 Å². The highest BCUT2D eigenvalue weighted by Crippen LogP contribution is 2.21. The molecule has 2 N–H and O–H groups in total. The van der Waals surface area contributed by atoms with E-state index in [9.17, 15) is 4.79 Å². The summed E-state index contributed by atoms with van der Waals surface area (Å²) in [6, 6.07) is 7.60. The first-order valence-electron chi connectivity index (χ1n) is 5.79. The lowest BCUT2D eigenvalue weighted by atomic mass is 10.2. The predicted molar refractivity (Wildman–Crippen MR) is 72.7 cm³/mol. The van der Waals surface area contributed by atoms with Crippen LogP contribution >= 0.6 is 0 Å². The fourth-order valence-electron chi connectivity index (χ4n) is 1.72. The zero-order valence-corrected chi connectivity index (χ0v) is 10.6. The molecule has 5 heteroatoms. The van der Waals surface area contributed by atoms with Gasteiger partial charge in [-0.3, -0.25) is 9.79 Å². The number of aliphatic imine (C=N–C) groups is 1. The molecule has 1 aliphatic heterocycles. The Morgan fingerprint density at radius 2 is 2.11 bits per heavy atom. The van der Waals surface area contributed by atoms with Crippen LogP contribution in [0.15, 0.2) is 34.4 Å². The van der Waals surface area contributed by atoms with Crippen molar-refractivity contribution in [1.29, 1.82) is 0 Å². The van der Waals surface area contributed by atoms with Crippen molar-refractivity contribution in [3.63, 3.8) is 0 Å². The summed E-state index contributed by atoms with van der Waals surface area (Å²) in [5, 5.41) is 5.64. The van der Waals surface area contributed by atoms with E-state index < -0.39 is 0 Å². The maximum absolute atomic E-state index is 11.7. The van der Waals surface area contributed by atoms with Gasteiger partial charge in [-0.2, -0.15) is 5.10 Å². The SMILES string of the molecule is CC(N)=NCc1ccc(N2N=C(C)CC2=O)cc1. The monoisotopic (exact) mass is 244 g/mol. The molecule has 1 aromatic carbocycles. The number of hydrazone groups is 1. The van der Waals surface area contributed by atoms with E-state index in [2.05, 4.69) is 10.1 Å². The van der Waals surface area contributed by atoms with Crippen LogP contribution in [-0.2, 0) is 11.3 Å². The largest absolute Gasteiger partial charge is 0.388 e. The third-order valence-corrected chi connectivity index (χ3v) is 2.61. The molecule has 94 valence electrons. The lowest BCUT2D eigenvalue weighted by Gasteiger charge is -2.11. The van der Waals surface area contributed by atoms with Crippen molar-refractivity contribution in [2.24, 2.45) is 15.8 Å². The van der Waals surface area contributed by atoms with E-state index in [4.69, 9.17) is 5.73 Å². The molecule has 0 aliphatic carbocycles. The molecule has 0 saturated carbocycles. The molecule has 0 spiro atoms. The van der Waals surface area contributed by atoms with Crippen LogP contribution in [0.5, 0.6) is 0 Å². The lowest BCUT2D eigenvalue weighted by Crippen LogP contribution is -2.19. The average molecular weight is 244 g/mol. The Bertz CT molecular complexity index is 512. The van der Waals surface area contributed by atoms with E-state index in [0.29, 0.717) is 18.8 Å². The molecule has 0 bridgehead atoms. The highest BCUT2D eigenvalue weighted by molar-refractivity contribution is 6.12. The highest BCUT2D eigenvalue weighted by atomic mass is 16.2. The van der Waals surface area contributed by atoms with E-state index in [1.807, 2.05) is 31.2 Å². The van der Waals surface area contributed by atoms with Crippen LogP contribution in [0.25, 0.3) is 0 Å². The molecular formula is C13H16N4O. The minimum absolute atomic E-state index is 0.0103. The van der Waals surface area contributed by atoms with Crippen LogP contribution in [0, 0.1) is 0 Å². The van der Waals surface area contributed by atoms with Crippen molar-refractivity contribution in [1.82, 2.24) is 0 Å². The first kappa shape index (κ1) is 12.3. The maximum atomic E-state index is 11.7. The average Bonchev–Trinajstić information content (AvgIpc) is 2.66. The fourth-order valence-corrected chi connectivity index (χ4v) is 1.72. The van der Waals surface area contributed by atoms with E-state index in [0.717, 1.165) is 17.0 Å². The summed E-state index contributed by atoms with van der Waals surface area (Å²) in [7, 11) is 0. The first-order chi connectivity index (χ1) is 8.56. The van der Waals surface area contributed by atoms with Crippen LogP contribution in [0.4, 0.5) is 5.69 Å². The molecule has 0 atom stereocenters. The van der Waals surface area contributed by atoms with Gasteiger partial charge in [-0.1, -0.05) is 12.1 Å². The van der Waals surface area contributed by atoms with Gasteiger partial charge in [0.15, 0.2) is 0 Å². The van der Waals surface area contributed by atoms with Gasteiger partial charge in [0.1, 0.15) is 0 Å². The van der Waals surface area contributed by atoms with E-state index in [1.165, 1.54) is 5.01 Å². The minimum atomic E-state index is 0.0103. The third kappa shape index (κ3) is 2.74. The standard InChI is InChI=1S/C13H16N4O/c1-9-7-13(18)17(16-9)12-5-3-11(4-6-12)8-15-10(2)14/h3-6H,7-8H2,1-2H3,(H2,14,15). The summed E-state index contributed by atoms with van der Waals surface area (Å²) in [5.41, 5.74) is 8.16. The summed E-state index contributed by atoms with van der Waals surface area (Å²) in [4.78, 5) is 15.8. The number of rotatable bonds is 3. The van der Waals surface area contributed by atoms with E-state index in [-0.39, 0.29) is 5.91 Å². The molecule has 1 heterocycles. The second-order valence-electron chi connectivity index (χ2n) is 4.34. The highest BCUT2D eigenvalue weighted by Gasteiger charge is 2.22. The number of hydrogen-bond donors (Lipinski definition) is 1. The van der Waals surface area contributed by atoms with Gasteiger partial charge in [0.2, 0.25) is 0 Å². The number of amidine groups is 1. The van der Waals surface area contributed by atoms with Crippen molar-refractivity contribution in [3.05, 3.63) is 29.8 Å².